The van der Waals surface area contributed by atoms with Crippen LogP contribution in [0.25, 0.3) is 0 Å². The van der Waals surface area contributed by atoms with Crippen molar-refractivity contribution in [3.8, 4) is 0 Å². The third-order valence-electron chi connectivity index (χ3n) is 5.09. The van der Waals surface area contributed by atoms with Crippen LogP contribution < -0.4 is 5.32 Å². The van der Waals surface area contributed by atoms with Crippen LogP contribution in [-0.2, 0) is 6.54 Å². The van der Waals surface area contributed by atoms with Gasteiger partial charge in [0.15, 0.2) is 0 Å². The lowest BCUT2D eigenvalue weighted by molar-refractivity contribution is 0.0628. The smallest absolute Gasteiger partial charge is 0.265 e. The van der Waals surface area contributed by atoms with E-state index in [9.17, 15) is 9.59 Å². The molecule has 1 fully saturated rings. The van der Waals surface area contributed by atoms with E-state index < -0.39 is 0 Å². The summed E-state index contributed by atoms with van der Waals surface area (Å²) in [5.41, 5.74) is 2.43. The Kier molecular flexibility index (Phi) is 6.47. The van der Waals surface area contributed by atoms with Gasteiger partial charge in [-0.2, -0.15) is 0 Å². The Morgan fingerprint density at radius 2 is 1.73 bits per heavy atom. The highest BCUT2D eigenvalue weighted by Gasteiger charge is 2.22. The molecule has 0 spiro atoms. The van der Waals surface area contributed by atoms with E-state index >= 15 is 0 Å². The molecule has 0 aliphatic carbocycles. The number of rotatable bonds is 5. The summed E-state index contributed by atoms with van der Waals surface area (Å²) < 4.78 is 0. The minimum absolute atomic E-state index is 0.00614. The summed E-state index contributed by atoms with van der Waals surface area (Å²) in [5.74, 6) is -0.168. The Labute approximate surface area is 184 Å². The van der Waals surface area contributed by atoms with Crippen molar-refractivity contribution < 1.29 is 9.59 Å². The molecule has 4 rings (SSSR count). The fourth-order valence-electron chi connectivity index (χ4n) is 3.47. The van der Waals surface area contributed by atoms with Gasteiger partial charge in [0.25, 0.3) is 11.8 Å². The fraction of sp³-hybridized carbons (Fsp3) is 0.217. The summed E-state index contributed by atoms with van der Waals surface area (Å²) in [5, 5.41) is 5.47. The van der Waals surface area contributed by atoms with Gasteiger partial charge in [-0.15, -0.1) is 11.3 Å². The molecule has 0 atom stereocenters. The summed E-state index contributed by atoms with van der Waals surface area (Å²) >= 11 is 7.34. The average Bonchev–Trinajstić information content (AvgIpc) is 3.31. The largest absolute Gasteiger partial charge is 0.336 e. The summed E-state index contributed by atoms with van der Waals surface area (Å²) in [6.45, 7) is 3.85. The van der Waals surface area contributed by atoms with E-state index in [4.69, 9.17) is 11.6 Å². The normalized spacial score (nSPS) is 14.5. The quantitative estimate of drug-likeness (QED) is 0.631. The predicted octanol–water partition coefficient (Wildman–Crippen LogP) is 4.61. The Morgan fingerprint density at radius 3 is 2.43 bits per heavy atom. The van der Waals surface area contributed by atoms with Crippen LogP contribution in [0.1, 0.15) is 25.6 Å². The molecule has 30 heavy (non-hydrogen) atoms. The molecule has 1 aliphatic rings. The first-order chi connectivity index (χ1) is 14.6. The molecule has 3 aromatic rings. The molecule has 2 heterocycles. The predicted molar refractivity (Wildman–Crippen MR) is 121 cm³/mol. The molecule has 1 aliphatic heterocycles. The third-order valence-corrected chi connectivity index (χ3v) is 6.21. The molecular formula is C23H22ClN3O2S. The minimum Gasteiger partial charge on any atom is -0.336 e. The van der Waals surface area contributed by atoms with Crippen molar-refractivity contribution in [2.75, 3.05) is 31.5 Å². The number of carbonyl (C=O) groups is 2. The zero-order valence-electron chi connectivity index (χ0n) is 16.4. The van der Waals surface area contributed by atoms with E-state index in [-0.39, 0.29) is 11.8 Å². The highest BCUT2D eigenvalue weighted by molar-refractivity contribution is 7.12. The van der Waals surface area contributed by atoms with Gasteiger partial charge in [0, 0.05) is 49.0 Å². The van der Waals surface area contributed by atoms with E-state index in [1.165, 1.54) is 16.9 Å². The molecular weight excluding hydrogens is 418 g/mol. The van der Waals surface area contributed by atoms with Crippen molar-refractivity contribution in [2.24, 2.45) is 0 Å². The first kappa shape index (κ1) is 20.6. The van der Waals surface area contributed by atoms with Crippen LogP contribution in [0.15, 0.2) is 66.0 Å². The topological polar surface area (TPSA) is 52.7 Å². The number of amides is 2. The second-order valence-corrected chi connectivity index (χ2v) is 8.59. The summed E-state index contributed by atoms with van der Waals surface area (Å²) in [6.07, 6.45) is 0. The molecule has 0 radical (unpaired) electrons. The molecule has 1 saturated heterocycles. The van der Waals surface area contributed by atoms with Crippen LogP contribution in [0.3, 0.4) is 0 Å². The van der Waals surface area contributed by atoms with Gasteiger partial charge in [0.1, 0.15) is 0 Å². The monoisotopic (exact) mass is 439 g/mol. The maximum atomic E-state index is 13.0. The maximum absolute atomic E-state index is 13.0. The Balaban J connectivity index is 1.33. The van der Waals surface area contributed by atoms with Crippen LogP contribution in [0, 0.1) is 0 Å². The number of thiophene rings is 1. The lowest BCUT2D eigenvalue weighted by atomic mass is 10.1. The van der Waals surface area contributed by atoms with E-state index in [1.807, 2.05) is 40.6 Å². The molecule has 1 aromatic heterocycles. The second-order valence-electron chi connectivity index (χ2n) is 7.21. The van der Waals surface area contributed by atoms with Gasteiger partial charge < -0.3 is 10.2 Å². The summed E-state index contributed by atoms with van der Waals surface area (Å²) in [6, 6.07) is 18.6. The Morgan fingerprint density at radius 1 is 0.967 bits per heavy atom. The molecule has 2 amide bonds. The van der Waals surface area contributed by atoms with E-state index in [0.717, 1.165) is 24.7 Å². The summed E-state index contributed by atoms with van der Waals surface area (Å²) in [7, 11) is 0. The highest BCUT2D eigenvalue weighted by atomic mass is 35.5. The molecule has 0 bridgehead atoms. The van der Waals surface area contributed by atoms with Crippen molar-refractivity contribution in [1.82, 2.24) is 9.80 Å². The number of halogens is 1. The van der Waals surface area contributed by atoms with Gasteiger partial charge in [-0.25, -0.2) is 0 Å². The molecule has 7 heteroatoms. The van der Waals surface area contributed by atoms with Gasteiger partial charge in [0.2, 0.25) is 0 Å². The van der Waals surface area contributed by atoms with Crippen LogP contribution in [-0.4, -0.2) is 47.8 Å². The van der Waals surface area contributed by atoms with Gasteiger partial charge in [0.05, 0.1) is 4.88 Å². The standard InChI is InChI=1S/C23H22ClN3O2S/c24-19-8-6-17(7-9-19)16-26-10-12-27(13-11-26)23(29)18-3-1-4-20(15-18)25-22(28)21-5-2-14-30-21/h1-9,14-15H,10-13,16H2,(H,25,28). The first-order valence-corrected chi connectivity index (χ1v) is 11.1. The zero-order chi connectivity index (χ0) is 20.9. The molecule has 0 unspecified atom stereocenters. The number of piperazine rings is 1. The number of nitrogens with one attached hydrogen (secondary N) is 1. The number of hydrogen-bond acceptors (Lipinski definition) is 4. The molecule has 0 saturated carbocycles. The maximum Gasteiger partial charge on any atom is 0.265 e. The fourth-order valence-corrected chi connectivity index (χ4v) is 4.22. The molecule has 2 aromatic carbocycles. The van der Waals surface area contributed by atoms with Crippen molar-refractivity contribution in [3.63, 3.8) is 0 Å². The van der Waals surface area contributed by atoms with E-state index in [2.05, 4.69) is 10.2 Å². The Bertz CT molecular complexity index is 1010. The van der Waals surface area contributed by atoms with Crippen LogP contribution in [0.2, 0.25) is 5.02 Å². The van der Waals surface area contributed by atoms with Gasteiger partial charge in [-0.1, -0.05) is 35.9 Å². The molecule has 5 nitrogen and oxygen atoms in total. The third kappa shape index (κ3) is 5.08. The van der Waals surface area contributed by atoms with Crippen molar-refractivity contribution in [2.45, 2.75) is 6.54 Å². The highest BCUT2D eigenvalue weighted by Crippen LogP contribution is 2.18. The summed E-state index contributed by atoms with van der Waals surface area (Å²) in [4.78, 5) is 30.1. The lowest BCUT2D eigenvalue weighted by Crippen LogP contribution is -2.48. The van der Waals surface area contributed by atoms with E-state index in [1.54, 1.807) is 30.3 Å². The number of carbonyl (C=O) groups excluding carboxylic acids is 2. The van der Waals surface area contributed by atoms with Crippen molar-refractivity contribution >= 4 is 40.4 Å². The Hall–Kier alpha value is -2.67. The van der Waals surface area contributed by atoms with Crippen molar-refractivity contribution in [1.29, 1.82) is 0 Å². The number of hydrogen-bond donors (Lipinski definition) is 1. The van der Waals surface area contributed by atoms with Gasteiger partial charge >= 0.3 is 0 Å². The van der Waals surface area contributed by atoms with Gasteiger partial charge in [-0.3, -0.25) is 14.5 Å². The van der Waals surface area contributed by atoms with Crippen LogP contribution >= 0.6 is 22.9 Å². The number of anilines is 1. The molecule has 1 N–H and O–H groups in total. The van der Waals surface area contributed by atoms with E-state index in [0.29, 0.717) is 29.2 Å². The SMILES string of the molecule is O=C(Nc1cccc(C(=O)N2CCN(Cc3ccc(Cl)cc3)CC2)c1)c1cccs1. The lowest BCUT2D eigenvalue weighted by Gasteiger charge is -2.34. The van der Waals surface area contributed by atoms with Crippen LogP contribution in [0.5, 0.6) is 0 Å². The minimum atomic E-state index is -0.162. The van der Waals surface area contributed by atoms with Gasteiger partial charge in [-0.05, 0) is 47.3 Å². The average molecular weight is 440 g/mol. The number of benzene rings is 2. The second kappa shape index (κ2) is 9.43. The molecule has 154 valence electrons. The number of nitrogens with zero attached hydrogens (tertiary/aromatic N) is 2. The first-order valence-electron chi connectivity index (χ1n) is 9.79. The van der Waals surface area contributed by atoms with Crippen molar-refractivity contribution in [3.05, 3.63) is 87.1 Å². The zero-order valence-corrected chi connectivity index (χ0v) is 18.0. The van der Waals surface area contributed by atoms with Crippen LogP contribution in [0.4, 0.5) is 5.69 Å².